The molecule has 0 amide bonds. The zero-order chi connectivity index (χ0) is 11.6. The summed E-state index contributed by atoms with van der Waals surface area (Å²) in [6.07, 6.45) is 1.03. The Morgan fingerprint density at radius 3 is 2.75 bits per heavy atom. The number of carbonyl (C=O) groups excluding carboxylic acids is 1. The van der Waals surface area contributed by atoms with Crippen LogP contribution in [-0.2, 0) is 9.53 Å². The van der Waals surface area contributed by atoms with Gasteiger partial charge in [0.1, 0.15) is 6.61 Å². The fourth-order valence-corrected chi connectivity index (χ4v) is 2.17. The molecule has 0 aliphatic heterocycles. The Labute approximate surface area is 95.8 Å². The number of benzene rings is 1. The van der Waals surface area contributed by atoms with Crippen molar-refractivity contribution in [1.82, 2.24) is 5.32 Å². The van der Waals surface area contributed by atoms with Gasteiger partial charge in [0.2, 0.25) is 0 Å². The predicted octanol–water partition coefficient (Wildman–Crippen LogP) is 1.70. The van der Waals surface area contributed by atoms with Crippen molar-refractivity contribution >= 4 is 5.97 Å². The molecule has 16 heavy (non-hydrogen) atoms. The van der Waals surface area contributed by atoms with Gasteiger partial charge in [0, 0.05) is 12.8 Å². The van der Waals surface area contributed by atoms with Crippen molar-refractivity contribution in [2.24, 2.45) is 0 Å². The normalized spacial score (nSPS) is 27.5. The maximum Gasteiger partial charge on any atom is 0.302 e. The second kappa shape index (κ2) is 4.26. The van der Waals surface area contributed by atoms with E-state index in [1.807, 2.05) is 25.2 Å². The van der Waals surface area contributed by atoms with Gasteiger partial charge in [-0.15, -0.1) is 0 Å². The number of hydrogen-bond acceptors (Lipinski definition) is 3. The Kier molecular flexibility index (Phi) is 2.97. The first kappa shape index (κ1) is 11.1. The first-order chi connectivity index (χ1) is 7.68. The molecule has 1 aliphatic rings. The second-order valence-electron chi connectivity index (χ2n) is 4.35. The number of esters is 1. The summed E-state index contributed by atoms with van der Waals surface area (Å²) in [5.41, 5.74) is 1.26. The van der Waals surface area contributed by atoms with Crippen LogP contribution < -0.4 is 5.32 Å². The maximum absolute atomic E-state index is 10.8. The van der Waals surface area contributed by atoms with Crippen LogP contribution in [0.4, 0.5) is 0 Å². The molecule has 0 saturated heterocycles. The molecule has 0 aromatic heterocycles. The van der Waals surface area contributed by atoms with Crippen LogP contribution in [0.25, 0.3) is 0 Å². The highest BCUT2D eigenvalue weighted by atomic mass is 16.5. The Hall–Kier alpha value is -1.35. The monoisotopic (exact) mass is 219 g/mol. The topological polar surface area (TPSA) is 38.3 Å². The van der Waals surface area contributed by atoms with E-state index in [9.17, 15) is 4.79 Å². The summed E-state index contributed by atoms with van der Waals surface area (Å²) in [4.78, 5) is 10.8. The van der Waals surface area contributed by atoms with Crippen LogP contribution in [-0.4, -0.2) is 25.2 Å². The van der Waals surface area contributed by atoms with E-state index in [0.29, 0.717) is 12.5 Å². The first-order valence-electron chi connectivity index (χ1n) is 5.55. The van der Waals surface area contributed by atoms with Crippen LogP contribution in [0, 0.1) is 0 Å². The molecule has 1 unspecified atom stereocenters. The van der Waals surface area contributed by atoms with Gasteiger partial charge in [0.25, 0.3) is 0 Å². The molecule has 1 aromatic carbocycles. The van der Waals surface area contributed by atoms with Crippen molar-refractivity contribution < 1.29 is 9.53 Å². The summed E-state index contributed by atoms with van der Waals surface area (Å²) < 4.78 is 5.11. The molecule has 1 fully saturated rings. The van der Waals surface area contributed by atoms with Gasteiger partial charge in [-0.2, -0.15) is 0 Å². The van der Waals surface area contributed by atoms with Crippen LogP contribution >= 0.6 is 0 Å². The minimum absolute atomic E-state index is 0.0486. The van der Waals surface area contributed by atoms with E-state index in [2.05, 4.69) is 17.4 Å². The zero-order valence-electron chi connectivity index (χ0n) is 9.69. The lowest BCUT2D eigenvalue weighted by Crippen LogP contribution is -2.35. The minimum atomic E-state index is -0.215. The highest BCUT2D eigenvalue weighted by Gasteiger charge is 2.54. The number of rotatable bonds is 4. The number of nitrogens with one attached hydrogen (secondary N) is 1. The van der Waals surface area contributed by atoms with Crippen LogP contribution in [0.15, 0.2) is 30.3 Å². The number of ether oxygens (including phenoxy) is 1. The summed E-state index contributed by atoms with van der Waals surface area (Å²) in [5.74, 6) is 0.242. The lowest BCUT2D eigenvalue weighted by Gasteiger charge is -2.16. The van der Waals surface area contributed by atoms with Crippen molar-refractivity contribution in [3.8, 4) is 0 Å². The van der Waals surface area contributed by atoms with Gasteiger partial charge in [-0.25, -0.2) is 0 Å². The molecule has 2 atom stereocenters. The van der Waals surface area contributed by atoms with E-state index in [1.165, 1.54) is 12.5 Å². The maximum atomic E-state index is 10.8. The van der Waals surface area contributed by atoms with Gasteiger partial charge in [-0.05, 0) is 19.0 Å². The molecule has 3 nitrogen and oxygen atoms in total. The molecule has 0 radical (unpaired) electrons. The molecule has 1 aliphatic carbocycles. The summed E-state index contributed by atoms with van der Waals surface area (Å²) in [5, 5.41) is 3.28. The van der Waals surface area contributed by atoms with Gasteiger partial charge >= 0.3 is 5.97 Å². The van der Waals surface area contributed by atoms with Gasteiger partial charge in [-0.3, -0.25) is 4.79 Å². The molecule has 0 spiro atoms. The fraction of sp³-hybridized carbons (Fsp3) is 0.462. The first-order valence-corrected chi connectivity index (χ1v) is 5.55. The highest BCUT2D eigenvalue weighted by Crippen LogP contribution is 2.51. The van der Waals surface area contributed by atoms with Gasteiger partial charge < -0.3 is 10.1 Å². The van der Waals surface area contributed by atoms with Crippen LogP contribution in [0.5, 0.6) is 0 Å². The Bertz CT molecular complexity index is 377. The van der Waals surface area contributed by atoms with E-state index in [4.69, 9.17) is 4.74 Å². The molecule has 1 aromatic rings. The Morgan fingerprint density at radius 2 is 2.19 bits per heavy atom. The smallest absolute Gasteiger partial charge is 0.302 e. The standard InChI is InChI=1S/C13H17NO2/c1-10(15)16-9-13(14-2)8-12(13)11-6-4-3-5-7-11/h3-7,12,14H,8-9H2,1-2H3/t12?,13-/m1/s1. The van der Waals surface area contributed by atoms with Crippen molar-refractivity contribution in [2.75, 3.05) is 13.7 Å². The molecule has 1 saturated carbocycles. The van der Waals surface area contributed by atoms with Crippen molar-refractivity contribution in [3.05, 3.63) is 35.9 Å². The zero-order valence-corrected chi connectivity index (χ0v) is 9.69. The average molecular weight is 219 g/mol. The summed E-state index contributed by atoms with van der Waals surface area (Å²) in [6.45, 7) is 1.90. The molecular weight excluding hydrogens is 202 g/mol. The molecule has 3 heteroatoms. The van der Waals surface area contributed by atoms with Gasteiger partial charge in [0.05, 0.1) is 5.54 Å². The lowest BCUT2D eigenvalue weighted by atomic mass is 10.1. The molecular formula is C13H17NO2. The third kappa shape index (κ3) is 2.09. The van der Waals surface area contributed by atoms with E-state index >= 15 is 0 Å². The van der Waals surface area contributed by atoms with E-state index < -0.39 is 0 Å². The molecule has 86 valence electrons. The quantitative estimate of drug-likeness (QED) is 0.783. The van der Waals surface area contributed by atoms with E-state index in [-0.39, 0.29) is 11.5 Å². The minimum Gasteiger partial charge on any atom is -0.464 e. The molecule has 0 bridgehead atoms. The largest absolute Gasteiger partial charge is 0.464 e. The van der Waals surface area contributed by atoms with Crippen LogP contribution in [0.1, 0.15) is 24.8 Å². The van der Waals surface area contributed by atoms with E-state index in [0.717, 1.165) is 6.42 Å². The summed E-state index contributed by atoms with van der Waals surface area (Å²) in [6, 6.07) is 10.3. The van der Waals surface area contributed by atoms with Crippen LogP contribution in [0.2, 0.25) is 0 Å². The fourth-order valence-electron chi connectivity index (χ4n) is 2.17. The SMILES string of the molecule is CN[C@@]1(COC(C)=O)CC1c1ccccc1. The Balaban J connectivity index is 2.03. The summed E-state index contributed by atoms with van der Waals surface area (Å²) >= 11 is 0. The van der Waals surface area contributed by atoms with Crippen molar-refractivity contribution in [1.29, 1.82) is 0 Å². The van der Waals surface area contributed by atoms with E-state index in [1.54, 1.807) is 0 Å². The van der Waals surface area contributed by atoms with Crippen LogP contribution in [0.3, 0.4) is 0 Å². The second-order valence-corrected chi connectivity index (χ2v) is 4.35. The summed E-state index contributed by atoms with van der Waals surface area (Å²) in [7, 11) is 1.92. The third-order valence-corrected chi connectivity index (χ3v) is 3.31. The highest BCUT2D eigenvalue weighted by molar-refractivity contribution is 5.66. The number of likely N-dealkylation sites (N-methyl/N-ethyl adjacent to an activating group) is 1. The number of hydrogen-bond donors (Lipinski definition) is 1. The Morgan fingerprint density at radius 1 is 1.50 bits per heavy atom. The predicted molar refractivity (Wildman–Crippen MR) is 62.2 cm³/mol. The van der Waals surface area contributed by atoms with Gasteiger partial charge in [-0.1, -0.05) is 30.3 Å². The molecule has 1 N–H and O–H groups in total. The average Bonchev–Trinajstić information content (AvgIpc) is 3.03. The van der Waals surface area contributed by atoms with Crippen molar-refractivity contribution in [3.63, 3.8) is 0 Å². The molecule has 0 heterocycles. The number of carbonyl (C=O) groups is 1. The third-order valence-electron chi connectivity index (χ3n) is 3.31. The van der Waals surface area contributed by atoms with Gasteiger partial charge in [0.15, 0.2) is 0 Å². The molecule has 2 rings (SSSR count). The van der Waals surface area contributed by atoms with Crippen molar-refractivity contribution in [2.45, 2.75) is 24.8 Å². The lowest BCUT2D eigenvalue weighted by molar-refractivity contribution is -0.142.